The molecule has 0 bridgehead atoms. The van der Waals surface area contributed by atoms with Crippen LogP contribution in [-0.4, -0.2) is 18.1 Å². The minimum Gasteiger partial charge on any atom is -0.488 e. The second kappa shape index (κ2) is 7.68. The molecule has 3 rings (SSSR count). The van der Waals surface area contributed by atoms with Gasteiger partial charge < -0.3 is 9.47 Å². The van der Waals surface area contributed by atoms with Gasteiger partial charge in [0.15, 0.2) is 0 Å². The van der Waals surface area contributed by atoms with Crippen molar-refractivity contribution in [3.05, 3.63) is 69.0 Å². The second-order valence-corrected chi connectivity index (χ2v) is 6.80. The zero-order chi connectivity index (χ0) is 17.8. The molecule has 0 saturated carbocycles. The number of halogens is 1. The Hall–Kier alpha value is -2.37. The van der Waals surface area contributed by atoms with E-state index in [0.29, 0.717) is 16.3 Å². The Morgan fingerprint density at radius 2 is 2.04 bits per heavy atom. The van der Waals surface area contributed by atoms with E-state index in [1.54, 1.807) is 29.5 Å². The molecule has 1 heterocycles. The molecular formula is C19H16ClNO3S. The van der Waals surface area contributed by atoms with Crippen molar-refractivity contribution < 1.29 is 14.3 Å². The third-order valence-corrected chi connectivity index (χ3v) is 4.78. The first-order chi connectivity index (χ1) is 12.1. The van der Waals surface area contributed by atoms with Gasteiger partial charge in [-0.05, 0) is 31.2 Å². The number of hydrogen-bond donors (Lipinski definition) is 0. The highest BCUT2D eigenvalue weighted by Crippen LogP contribution is 2.29. The maximum Gasteiger partial charge on any atom is 0.341 e. The predicted molar refractivity (Wildman–Crippen MR) is 99.4 cm³/mol. The summed E-state index contributed by atoms with van der Waals surface area (Å²) >= 11 is 7.71. The Bertz CT molecular complexity index is 907. The number of aromatic nitrogens is 1. The molecule has 0 atom stereocenters. The van der Waals surface area contributed by atoms with Crippen LogP contribution in [0, 0.1) is 6.92 Å². The van der Waals surface area contributed by atoms with Crippen molar-refractivity contribution in [1.82, 2.24) is 4.98 Å². The average Bonchev–Trinajstić information content (AvgIpc) is 3.06. The van der Waals surface area contributed by atoms with Crippen LogP contribution in [-0.2, 0) is 11.3 Å². The number of benzene rings is 2. The van der Waals surface area contributed by atoms with E-state index in [2.05, 4.69) is 4.98 Å². The van der Waals surface area contributed by atoms with Crippen LogP contribution in [0.4, 0.5) is 0 Å². The third kappa shape index (κ3) is 4.00. The van der Waals surface area contributed by atoms with Crippen LogP contribution in [0.1, 0.15) is 20.9 Å². The lowest BCUT2D eigenvalue weighted by molar-refractivity contribution is 0.0595. The summed E-state index contributed by atoms with van der Waals surface area (Å²) < 4.78 is 10.7. The molecule has 6 heteroatoms. The molecule has 0 amide bonds. The summed E-state index contributed by atoms with van der Waals surface area (Å²) in [6, 6.07) is 12.8. The standard InChI is InChI=1S/C19H16ClNO3S/c1-12-21-17(11-25-12)13-7-8-18(15(9-13)19(22)23-2)24-10-14-5-3-4-6-16(14)20/h3-9,11H,10H2,1-2H3. The van der Waals surface area contributed by atoms with Gasteiger partial charge in [-0.3, -0.25) is 0 Å². The highest BCUT2D eigenvalue weighted by Gasteiger charge is 2.16. The summed E-state index contributed by atoms with van der Waals surface area (Å²) in [6.07, 6.45) is 0. The first kappa shape index (κ1) is 17.5. The normalized spacial score (nSPS) is 10.5. The monoisotopic (exact) mass is 373 g/mol. The van der Waals surface area contributed by atoms with Gasteiger partial charge >= 0.3 is 5.97 Å². The first-order valence-electron chi connectivity index (χ1n) is 7.59. The van der Waals surface area contributed by atoms with E-state index < -0.39 is 5.97 Å². The highest BCUT2D eigenvalue weighted by molar-refractivity contribution is 7.09. The predicted octanol–water partition coefficient (Wildman–Crippen LogP) is 5.14. The van der Waals surface area contributed by atoms with E-state index in [0.717, 1.165) is 21.8 Å². The average molecular weight is 374 g/mol. The Labute approximate surface area is 155 Å². The molecular weight excluding hydrogens is 358 g/mol. The van der Waals surface area contributed by atoms with E-state index in [4.69, 9.17) is 21.1 Å². The highest BCUT2D eigenvalue weighted by atomic mass is 35.5. The van der Waals surface area contributed by atoms with Crippen LogP contribution in [0.2, 0.25) is 5.02 Å². The third-order valence-electron chi connectivity index (χ3n) is 3.64. The summed E-state index contributed by atoms with van der Waals surface area (Å²) in [5, 5.41) is 3.54. The minimum atomic E-state index is -0.456. The van der Waals surface area contributed by atoms with Gasteiger partial charge in [-0.2, -0.15) is 0 Å². The topological polar surface area (TPSA) is 48.4 Å². The molecule has 25 heavy (non-hydrogen) atoms. The Kier molecular flexibility index (Phi) is 5.36. The molecule has 2 aromatic carbocycles. The van der Waals surface area contributed by atoms with Crippen LogP contribution in [0.25, 0.3) is 11.3 Å². The number of esters is 1. The molecule has 1 aromatic heterocycles. The summed E-state index contributed by atoms with van der Waals surface area (Å²) in [5.74, 6) is -0.00886. The summed E-state index contributed by atoms with van der Waals surface area (Å²) in [6.45, 7) is 2.20. The fraction of sp³-hybridized carbons (Fsp3) is 0.158. The van der Waals surface area contributed by atoms with Crippen molar-refractivity contribution in [1.29, 1.82) is 0 Å². The molecule has 0 aliphatic carbocycles. The molecule has 0 saturated heterocycles. The molecule has 0 aliphatic rings. The lowest BCUT2D eigenvalue weighted by Gasteiger charge is -2.12. The summed E-state index contributed by atoms with van der Waals surface area (Å²) in [5.41, 5.74) is 2.87. The van der Waals surface area contributed by atoms with Crippen LogP contribution < -0.4 is 4.74 Å². The summed E-state index contributed by atoms with van der Waals surface area (Å²) in [7, 11) is 1.35. The van der Waals surface area contributed by atoms with Crippen molar-refractivity contribution in [2.75, 3.05) is 7.11 Å². The molecule has 128 valence electrons. The number of hydrogen-bond acceptors (Lipinski definition) is 5. The van der Waals surface area contributed by atoms with Crippen molar-refractivity contribution in [2.45, 2.75) is 13.5 Å². The number of rotatable bonds is 5. The molecule has 0 N–H and O–H groups in total. The minimum absolute atomic E-state index is 0.263. The van der Waals surface area contributed by atoms with Crippen molar-refractivity contribution >= 4 is 28.9 Å². The van der Waals surface area contributed by atoms with Gasteiger partial charge in [-0.25, -0.2) is 9.78 Å². The molecule has 0 aliphatic heterocycles. The van der Waals surface area contributed by atoms with Gasteiger partial charge in [0.05, 0.1) is 17.8 Å². The van der Waals surface area contributed by atoms with Gasteiger partial charge in [-0.1, -0.05) is 29.8 Å². The lowest BCUT2D eigenvalue weighted by atomic mass is 10.1. The Morgan fingerprint density at radius 1 is 1.24 bits per heavy atom. The number of nitrogens with zero attached hydrogens (tertiary/aromatic N) is 1. The lowest BCUT2D eigenvalue weighted by Crippen LogP contribution is -2.06. The maximum atomic E-state index is 12.2. The van der Waals surface area contributed by atoms with Crippen LogP contribution in [0.3, 0.4) is 0 Å². The quantitative estimate of drug-likeness (QED) is 0.581. The van der Waals surface area contributed by atoms with E-state index in [9.17, 15) is 4.79 Å². The van der Waals surface area contributed by atoms with E-state index in [-0.39, 0.29) is 6.61 Å². The zero-order valence-corrected chi connectivity index (χ0v) is 15.4. The number of aryl methyl sites for hydroxylation is 1. The van der Waals surface area contributed by atoms with Crippen LogP contribution >= 0.6 is 22.9 Å². The molecule has 0 unspecified atom stereocenters. The van der Waals surface area contributed by atoms with Gasteiger partial charge in [0.2, 0.25) is 0 Å². The molecule has 0 fully saturated rings. The Morgan fingerprint density at radius 3 is 2.72 bits per heavy atom. The SMILES string of the molecule is COC(=O)c1cc(-c2csc(C)n2)ccc1OCc1ccccc1Cl. The van der Waals surface area contributed by atoms with Gasteiger partial charge in [0.1, 0.15) is 17.9 Å². The zero-order valence-electron chi connectivity index (χ0n) is 13.8. The van der Waals surface area contributed by atoms with Gasteiger partial charge in [0.25, 0.3) is 0 Å². The second-order valence-electron chi connectivity index (χ2n) is 5.33. The summed E-state index contributed by atoms with van der Waals surface area (Å²) in [4.78, 5) is 16.6. The molecule has 4 nitrogen and oxygen atoms in total. The number of carbonyl (C=O) groups excluding carboxylic acids is 1. The smallest absolute Gasteiger partial charge is 0.341 e. The Balaban J connectivity index is 1.90. The molecule has 0 spiro atoms. The molecule has 0 radical (unpaired) electrons. The van der Waals surface area contributed by atoms with E-state index in [1.807, 2.05) is 36.6 Å². The number of carbonyl (C=O) groups is 1. The van der Waals surface area contributed by atoms with E-state index in [1.165, 1.54) is 7.11 Å². The van der Waals surface area contributed by atoms with E-state index >= 15 is 0 Å². The molecule has 3 aromatic rings. The van der Waals surface area contributed by atoms with Gasteiger partial charge in [-0.15, -0.1) is 11.3 Å². The van der Waals surface area contributed by atoms with Crippen molar-refractivity contribution in [3.63, 3.8) is 0 Å². The van der Waals surface area contributed by atoms with Crippen LogP contribution in [0.5, 0.6) is 5.75 Å². The maximum absolute atomic E-state index is 12.2. The number of ether oxygens (including phenoxy) is 2. The number of methoxy groups -OCH3 is 1. The fourth-order valence-corrected chi connectivity index (χ4v) is 3.16. The fourth-order valence-electron chi connectivity index (χ4n) is 2.35. The van der Waals surface area contributed by atoms with Crippen LogP contribution in [0.15, 0.2) is 47.8 Å². The van der Waals surface area contributed by atoms with Crippen molar-refractivity contribution in [3.8, 4) is 17.0 Å². The largest absolute Gasteiger partial charge is 0.488 e. The first-order valence-corrected chi connectivity index (χ1v) is 8.85. The number of thiazole rings is 1. The van der Waals surface area contributed by atoms with Crippen molar-refractivity contribution in [2.24, 2.45) is 0 Å². The van der Waals surface area contributed by atoms with Gasteiger partial charge in [0, 0.05) is 21.5 Å².